The van der Waals surface area contributed by atoms with Crippen molar-refractivity contribution in [2.75, 3.05) is 12.0 Å². The highest BCUT2D eigenvalue weighted by Crippen LogP contribution is 2.30. The summed E-state index contributed by atoms with van der Waals surface area (Å²) >= 11 is 1.70. The van der Waals surface area contributed by atoms with Gasteiger partial charge in [0.05, 0.1) is 10.6 Å². The van der Waals surface area contributed by atoms with Crippen LogP contribution in [0.1, 0.15) is 25.5 Å². The lowest BCUT2D eigenvalue weighted by molar-refractivity contribution is 0.812. The fourth-order valence-electron chi connectivity index (χ4n) is 1.10. The molecule has 2 nitrogen and oxygen atoms in total. The van der Waals surface area contributed by atoms with E-state index in [0.29, 0.717) is 5.92 Å². The first-order chi connectivity index (χ1) is 5.16. The molecule has 0 aliphatic heterocycles. The van der Waals surface area contributed by atoms with E-state index in [2.05, 4.69) is 18.8 Å². The van der Waals surface area contributed by atoms with Crippen LogP contribution < -0.4 is 5.73 Å². The van der Waals surface area contributed by atoms with Crippen molar-refractivity contribution in [1.29, 1.82) is 0 Å². The van der Waals surface area contributed by atoms with Gasteiger partial charge in [0, 0.05) is 11.9 Å². The number of hydrogen-bond donors (Lipinski definition) is 2. The summed E-state index contributed by atoms with van der Waals surface area (Å²) in [6, 6.07) is 0. The first kappa shape index (κ1) is 8.53. The molecule has 0 radical (unpaired) electrons. The second-order valence-corrected chi connectivity index (χ2v) is 3.66. The van der Waals surface area contributed by atoms with Crippen LogP contribution >= 0.6 is 11.8 Å². The standard InChI is InChI=1S/C8H14N2S/c1-5(2)7-8(11-3)6(9)4-10-7/h4-5,10H,9H2,1-3H3. The molecule has 0 unspecified atom stereocenters. The third-order valence-electron chi connectivity index (χ3n) is 1.67. The normalized spacial score (nSPS) is 10.9. The molecule has 0 aliphatic rings. The van der Waals surface area contributed by atoms with Crippen LogP contribution in [0.4, 0.5) is 5.69 Å². The van der Waals surface area contributed by atoms with Crippen molar-refractivity contribution < 1.29 is 0 Å². The van der Waals surface area contributed by atoms with Gasteiger partial charge in [-0.05, 0) is 12.2 Å². The Morgan fingerprint density at radius 2 is 2.18 bits per heavy atom. The Bertz CT molecular complexity index is 240. The summed E-state index contributed by atoms with van der Waals surface area (Å²) in [4.78, 5) is 4.37. The minimum absolute atomic E-state index is 0.523. The van der Waals surface area contributed by atoms with E-state index >= 15 is 0 Å². The van der Waals surface area contributed by atoms with Crippen LogP contribution in [0.3, 0.4) is 0 Å². The van der Waals surface area contributed by atoms with Gasteiger partial charge in [0.15, 0.2) is 0 Å². The van der Waals surface area contributed by atoms with Crippen molar-refractivity contribution in [2.24, 2.45) is 0 Å². The van der Waals surface area contributed by atoms with E-state index in [1.807, 2.05) is 12.5 Å². The van der Waals surface area contributed by atoms with Crippen molar-refractivity contribution in [3.8, 4) is 0 Å². The number of hydrogen-bond acceptors (Lipinski definition) is 2. The average Bonchev–Trinajstić information content (AvgIpc) is 2.30. The number of aromatic nitrogens is 1. The van der Waals surface area contributed by atoms with Crippen molar-refractivity contribution in [3.63, 3.8) is 0 Å². The van der Waals surface area contributed by atoms with Gasteiger partial charge in [0.1, 0.15) is 0 Å². The molecular weight excluding hydrogens is 156 g/mol. The number of H-pyrrole nitrogens is 1. The van der Waals surface area contributed by atoms with E-state index in [4.69, 9.17) is 5.73 Å². The van der Waals surface area contributed by atoms with Crippen molar-refractivity contribution in [1.82, 2.24) is 4.98 Å². The second kappa shape index (κ2) is 3.22. The van der Waals surface area contributed by atoms with E-state index in [9.17, 15) is 0 Å². The number of nitrogens with two attached hydrogens (primary N) is 1. The molecule has 1 aromatic rings. The summed E-state index contributed by atoms with van der Waals surface area (Å²) < 4.78 is 0. The fraction of sp³-hybridized carbons (Fsp3) is 0.500. The van der Waals surface area contributed by atoms with Gasteiger partial charge in [-0.3, -0.25) is 0 Å². The van der Waals surface area contributed by atoms with Crippen LogP contribution in [-0.2, 0) is 0 Å². The third-order valence-corrected chi connectivity index (χ3v) is 2.54. The van der Waals surface area contributed by atoms with Gasteiger partial charge in [-0.25, -0.2) is 0 Å². The molecule has 0 amide bonds. The highest BCUT2D eigenvalue weighted by atomic mass is 32.2. The highest BCUT2D eigenvalue weighted by molar-refractivity contribution is 7.98. The molecular formula is C8H14N2S. The highest BCUT2D eigenvalue weighted by Gasteiger charge is 2.09. The first-order valence-corrected chi connectivity index (χ1v) is 4.90. The van der Waals surface area contributed by atoms with Crippen LogP contribution in [0.25, 0.3) is 0 Å². The van der Waals surface area contributed by atoms with Gasteiger partial charge < -0.3 is 10.7 Å². The lowest BCUT2D eigenvalue weighted by Crippen LogP contribution is -1.90. The summed E-state index contributed by atoms with van der Waals surface area (Å²) in [7, 11) is 0. The molecule has 1 rings (SSSR count). The van der Waals surface area contributed by atoms with E-state index in [0.717, 1.165) is 5.69 Å². The van der Waals surface area contributed by atoms with Gasteiger partial charge in [0.2, 0.25) is 0 Å². The molecule has 62 valence electrons. The molecule has 0 saturated carbocycles. The van der Waals surface area contributed by atoms with Crippen molar-refractivity contribution >= 4 is 17.4 Å². The van der Waals surface area contributed by atoms with Crippen molar-refractivity contribution in [3.05, 3.63) is 11.9 Å². The predicted molar refractivity (Wildman–Crippen MR) is 51.1 cm³/mol. The molecule has 0 bridgehead atoms. The Balaban J connectivity index is 3.05. The Morgan fingerprint density at radius 3 is 2.55 bits per heavy atom. The van der Waals surface area contributed by atoms with E-state index in [-0.39, 0.29) is 0 Å². The average molecular weight is 170 g/mol. The smallest absolute Gasteiger partial charge is 0.0632 e. The van der Waals surface area contributed by atoms with Crippen LogP contribution in [0.15, 0.2) is 11.1 Å². The van der Waals surface area contributed by atoms with E-state index in [1.54, 1.807) is 11.8 Å². The van der Waals surface area contributed by atoms with Gasteiger partial charge in [0.25, 0.3) is 0 Å². The quantitative estimate of drug-likeness (QED) is 0.669. The van der Waals surface area contributed by atoms with Gasteiger partial charge >= 0.3 is 0 Å². The summed E-state index contributed by atoms with van der Waals surface area (Å²) in [6.07, 6.45) is 3.91. The zero-order valence-electron chi connectivity index (χ0n) is 7.14. The number of rotatable bonds is 2. The largest absolute Gasteiger partial charge is 0.397 e. The molecule has 0 aliphatic carbocycles. The van der Waals surface area contributed by atoms with Gasteiger partial charge in [-0.15, -0.1) is 11.8 Å². The summed E-state index contributed by atoms with van der Waals surface area (Å²) in [5, 5.41) is 0. The van der Waals surface area contributed by atoms with E-state index in [1.165, 1.54) is 10.6 Å². The minimum Gasteiger partial charge on any atom is -0.397 e. The SMILES string of the molecule is CSc1c(N)c[nH]c1C(C)C. The molecule has 0 saturated heterocycles. The van der Waals surface area contributed by atoms with E-state index < -0.39 is 0 Å². The Morgan fingerprint density at radius 1 is 1.55 bits per heavy atom. The number of anilines is 1. The maximum Gasteiger partial charge on any atom is 0.0632 e. The monoisotopic (exact) mass is 170 g/mol. The van der Waals surface area contributed by atoms with Crippen LogP contribution in [0, 0.1) is 0 Å². The van der Waals surface area contributed by atoms with Crippen molar-refractivity contribution in [2.45, 2.75) is 24.7 Å². The molecule has 0 aromatic carbocycles. The van der Waals surface area contributed by atoms with Crippen LogP contribution in [-0.4, -0.2) is 11.2 Å². The number of thioether (sulfide) groups is 1. The van der Waals surface area contributed by atoms with Gasteiger partial charge in [-0.2, -0.15) is 0 Å². The Hall–Kier alpha value is -0.570. The molecule has 0 atom stereocenters. The molecule has 3 heteroatoms. The molecule has 3 N–H and O–H groups in total. The number of nitrogens with one attached hydrogen (secondary N) is 1. The van der Waals surface area contributed by atoms with Crippen LogP contribution in [0.2, 0.25) is 0 Å². The Labute approximate surface area is 71.6 Å². The fourth-order valence-corrected chi connectivity index (χ4v) is 1.91. The zero-order chi connectivity index (χ0) is 8.43. The lowest BCUT2D eigenvalue weighted by atomic mass is 10.1. The van der Waals surface area contributed by atoms with Crippen LogP contribution in [0.5, 0.6) is 0 Å². The molecule has 0 spiro atoms. The lowest BCUT2D eigenvalue weighted by Gasteiger charge is -2.04. The molecule has 1 heterocycles. The zero-order valence-corrected chi connectivity index (χ0v) is 7.96. The second-order valence-electron chi connectivity index (χ2n) is 2.85. The maximum atomic E-state index is 5.74. The summed E-state index contributed by atoms with van der Waals surface area (Å²) in [6.45, 7) is 4.32. The maximum absolute atomic E-state index is 5.74. The third kappa shape index (κ3) is 1.53. The molecule has 11 heavy (non-hydrogen) atoms. The topological polar surface area (TPSA) is 41.8 Å². The van der Waals surface area contributed by atoms with Gasteiger partial charge in [-0.1, -0.05) is 13.8 Å². The number of nitrogen functional groups attached to an aromatic ring is 1. The number of aromatic amines is 1. The predicted octanol–water partition coefficient (Wildman–Crippen LogP) is 2.44. The minimum atomic E-state index is 0.523. The Kier molecular flexibility index (Phi) is 2.49. The summed E-state index contributed by atoms with van der Waals surface area (Å²) in [5.74, 6) is 0.523. The molecule has 0 fully saturated rings. The molecule has 1 aromatic heterocycles. The first-order valence-electron chi connectivity index (χ1n) is 3.67. The summed E-state index contributed by atoms with van der Waals surface area (Å²) in [5.41, 5.74) is 7.85.